The molecule has 19 heavy (non-hydrogen) atoms. The van der Waals surface area contributed by atoms with Gasteiger partial charge in [0.15, 0.2) is 0 Å². The molecule has 0 radical (unpaired) electrons. The Hall–Kier alpha value is -1.74. The van der Waals surface area contributed by atoms with Gasteiger partial charge in [-0.3, -0.25) is 0 Å². The molecule has 1 aromatic heterocycles. The van der Waals surface area contributed by atoms with E-state index in [2.05, 4.69) is 4.90 Å². The molecule has 1 saturated heterocycles. The van der Waals surface area contributed by atoms with Crippen LogP contribution in [0.15, 0.2) is 0 Å². The monoisotopic (exact) mass is 279 g/mol. The lowest BCUT2D eigenvalue weighted by Gasteiger charge is -2.21. The van der Waals surface area contributed by atoms with Crippen molar-refractivity contribution in [3.8, 4) is 6.07 Å². The van der Waals surface area contributed by atoms with Gasteiger partial charge in [-0.05, 0) is 12.8 Å². The molecule has 2 heterocycles. The van der Waals surface area contributed by atoms with Crippen LogP contribution in [0.25, 0.3) is 0 Å². The van der Waals surface area contributed by atoms with E-state index in [0.717, 1.165) is 30.9 Å². The molecule has 0 bridgehead atoms. The van der Waals surface area contributed by atoms with Crippen LogP contribution in [0.3, 0.4) is 0 Å². The zero-order valence-corrected chi connectivity index (χ0v) is 11.8. The lowest BCUT2D eigenvalue weighted by atomic mass is 10.2. The second-order valence-electron chi connectivity index (χ2n) is 4.53. The largest absolute Gasteiger partial charge is 0.465 e. The van der Waals surface area contributed by atoms with Crippen LogP contribution in [-0.4, -0.2) is 26.2 Å². The Morgan fingerprint density at radius 2 is 2.00 bits per heavy atom. The van der Waals surface area contributed by atoms with Crippen LogP contribution in [0.1, 0.15) is 40.9 Å². The van der Waals surface area contributed by atoms with Gasteiger partial charge >= 0.3 is 5.97 Å². The zero-order chi connectivity index (χ0) is 13.8. The van der Waals surface area contributed by atoms with E-state index in [1.807, 2.05) is 6.07 Å². The summed E-state index contributed by atoms with van der Waals surface area (Å²) in [5.41, 5.74) is 6.50. The number of nitrogen functional groups attached to an aromatic ring is 1. The lowest BCUT2D eigenvalue weighted by molar-refractivity contribution is 0.0603. The fourth-order valence-corrected chi connectivity index (χ4v) is 3.37. The maximum absolute atomic E-state index is 11.9. The molecule has 6 heteroatoms. The minimum atomic E-state index is -0.463. The third kappa shape index (κ3) is 2.66. The summed E-state index contributed by atoms with van der Waals surface area (Å²) in [5.74, 6) is -0.463. The van der Waals surface area contributed by atoms with Gasteiger partial charge in [0.1, 0.15) is 21.5 Å². The molecule has 0 saturated carbocycles. The summed E-state index contributed by atoms with van der Waals surface area (Å²) in [6, 6.07) is 2.05. The highest BCUT2D eigenvalue weighted by Gasteiger charge is 2.26. The van der Waals surface area contributed by atoms with Crippen LogP contribution in [0, 0.1) is 11.3 Å². The first kappa shape index (κ1) is 13.7. The average Bonchev–Trinajstić information content (AvgIpc) is 2.61. The molecule has 102 valence electrons. The van der Waals surface area contributed by atoms with Crippen LogP contribution in [0.2, 0.25) is 0 Å². The first-order chi connectivity index (χ1) is 9.19. The first-order valence-corrected chi connectivity index (χ1v) is 7.16. The van der Waals surface area contributed by atoms with Crippen molar-refractivity contribution in [2.75, 3.05) is 30.8 Å². The van der Waals surface area contributed by atoms with Crippen LogP contribution in [-0.2, 0) is 4.74 Å². The number of carbonyl (C=O) groups excluding carboxylic acids is 1. The summed E-state index contributed by atoms with van der Waals surface area (Å²) < 4.78 is 4.79. The zero-order valence-electron chi connectivity index (χ0n) is 10.9. The van der Waals surface area contributed by atoms with Gasteiger partial charge in [0, 0.05) is 13.1 Å². The molecule has 2 rings (SSSR count). The summed E-state index contributed by atoms with van der Waals surface area (Å²) in [6.07, 6.45) is 4.60. The number of hydrogen-bond donors (Lipinski definition) is 1. The van der Waals surface area contributed by atoms with Crippen molar-refractivity contribution in [1.82, 2.24) is 0 Å². The van der Waals surface area contributed by atoms with Gasteiger partial charge in [0.05, 0.1) is 12.8 Å². The van der Waals surface area contributed by atoms with Crippen molar-refractivity contribution >= 4 is 28.0 Å². The Kier molecular flexibility index (Phi) is 4.27. The molecule has 0 amide bonds. The second kappa shape index (κ2) is 5.93. The molecular formula is C13H17N3O2S. The molecule has 0 aromatic carbocycles. The van der Waals surface area contributed by atoms with Crippen LogP contribution < -0.4 is 10.6 Å². The van der Waals surface area contributed by atoms with Gasteiger partial charge in [-0.1, -0.05) is 12.8 Å². The fourth-order valence-electron chi connectivity index (χ4n) is 2.31. The predicted molar refractivity (Wildman–Crippen MR) is 75.5 cm³/mol. The number of esters is 1. The van der Waals surface area contributed by atoms with Crippen molar-refractivity contribution in [3.63, 3.8) is 0 Å². The van der Waals surface area contributed by atoms with Gasteiger partial charge < -0.3 is 15.4 Å². The minimum Gasteiger partial charge on any atom is -0.465 e. The van der Waals surface area contributed by atoms with Crippen molar-refractivity contribution in [2.24, 2.45) is 0 Å². The number of nitrogens with zero attached hydrogens (tertiary/aromatic N) is 2. The first-order valence-electron chi connectivity index (χ1n) is 6.34. The lowest BCUT2D eigenvalue weighted by Crippen LogP contribution is -2.25. The SMILES string of the molecule is COC(=O)c1c(N2CCCCCC2)sc(C#N)c1N. The topological polar surface area (TPSA) is 79.3 Å². The van der Waals surface area contributed by atoms with E-state index in [1.54, 1.807) is 0 Å². The highest BCUT2D eigenvalue weighted by Crippen LogP contribution is 2.39. The molecule has 5 nitrogen and oxygen atoms in total. The number of hydrogen-bond acceptors (Lipinski definition) is 6. The molecule has 0 unspecified atom stereocenters. The summed E-state index contributed by atoms with van der Waals surface area (Å²) >= 11 is 1.28. The number of thiophene rings is 1. The third-order valence-corrected chi connectivity index (χ3v) is 4.48. The standard InChI is InChI=1S/C13H17N3O2S/c1-18-13(17)10-11(15)9(8-14)19-12(10)16-6-4-2-3-5-7-16/h2-7,15H2,1H3. The van der Waals surface area contributed by atoms with Crippen LogP contribution in [0.4, 0.5) is 10.7 Å². The Bertz CT molecular complexity index is 511. The minimum absolute atomic E-state index is 0.249. The molecule has 1 aliphatic heterocycles. The number of rotatable bonds is 2. The molecule has 1 fully saturated rings. The third-order valence-electron chi connectivity index (χ3n) is 3.31. The van der Waals surface area contributed by atoms with Crippen LogP contribution >= 0.6 is 11.3 Å². The fraction of sp³-hybridized carbons (Fsp3) is 0.538. The van der Waals surface area contributed by atoms with E-state index in [0.29, 0.717) is 10.4 Å². The Morgan fingerprint density at radius 3 is 2.53 bits per heavy atom. The summed E-state index contributed by atoms with van der Waals surface area (Å²) in [7, 11) is 1.33. The Labute approximate surface area is 116 Å². The van der Waals surface area contributed by atoms with Gasteiger partial charge in [-0.15, -0.1) is 11.3 Å². The molecule has 0 aliphatic carbocycles. The smallest absolute Gasteiger partial charge is 0.343 e. The van der Waals surface area contributed by atoms with Gasteiger partial charge in [0.25, 0.3) is 0 Å². The number of nitriles is 1. The van der Waals surface area contributed by atoms with E-state index in [1.165, 1.54) is 31.3 Å². The number of methoxy groups -OCH3 is 1. The van der Waals surface area contributed by atoms with Gasteiger partial charge in [0.2, 0.25) is 0 Å². The number of carbonyl (C=O) groups is 1. The van der Waals surface area contributed by atoms with E-state index in [-0.39, 0.29) is 5.69 Å². The highest BCUT2D eigenvalue weighted by atomic mass is 32.1. The van der Waals surface area contributed by atoms with E-state index < -0.39 is 5.97 Å². The number of anilines is 2. The van der Waals surface area contributed by atoms with Crippen molar-refractivity contribution in [1.29, 1.82) is 5.26 Å². The van der Waals surface area contributed by atoms with Gasteiger partial charge in [-0.2, -0.15) is 5.26 Å². The number of ether oxygens (including phenoxy) is 1. The second-order valence-corrected chi connectivity index (χ2v) is 5.53. The summed E-state index contributed by atoms with van der Waals surface area (Å²) in [5, 5.41) is 9.85. The molecule has 2 N–H and O–H groups in total. The molecule has 1 aliphatic rings. The Morgan fingerprint density at radius 1 is 1.37 bits per heavy atom. The summed E-state index contributed by atoms with van der Waals surface area (Å²) in [6.45, 7) is 1.80. The van der Waals surface area contributed by atoms with Crippen molar-refractivity contribution < 1.29 is 9.53 Å². The molecule has 1 aromatic rings. The van der Waals surface area contributed by atoms with Crippen molar-refractivity contribution in [2.45, 2.75) is 25.7 Å². The Balaban J connectivity index is 2.43. The van der Waals surface area contributed by atoms with E-state index in [4.69, 9.17) is 15.7 Å². The molecule has 0 atom stereocenters. The number of nitrogens with two attached hydrogens (primary N) is 1. The van der Waals surface area contributed by atoms with E-state index >= 15 is 0 Å². The quantitative estimate of drug-likeness (QED) is 0.841. The average molecular weight is 279 g/mol. The van der Waals surface area contributed by atoms with Gasteiger partial charge in [-0.25, -0.2) is 4.79 Å². The molecule has 0 spiro atoms. The maximum atomic E-state index is 11.9. The normalized spacial score (nSPS) is 15.7. The van der Waals surface area contributed by atoms with Crippen molar-refractivity contribution in [3.05, 3.63) is 10.4 Å². The predicted octanol–water partition coefficient (Wildman–Crippen LogP) is 2.37. The highest BCUT2D eigenvalue weighted by molar-refractivity contribution is 7.17. The molecular weight excluding hydrogens is 262 g/mol. The van der Waals surface area contributed by atoms with Crippen LogP contribution in [0.5, 0.6) is 0 Å². The maximum Gasteiger partial charge on any atom is 0.343 e. The summed E-state index contributed by atoms with van der Waals surface area (Å²) in [4.78, 5) is 14.4. The van der Waals surface area contributed by atoms with E-state index in [9.17, 15) is 4.79 Å².